The van der Waals surface area contributed by atoms with Gasteiger partial charge in [-0.3, -0.25) is 4.98 Å². The summed E-state index contributed by atoms with van der Waals surface area (Å²) in [5, 5.41) is 3.88. The first-order valence-corrected chi connectivity index (χ1v) is 6.57. The third-order valence-electron chi connectivity index (χ3n) is 2.95. The van der Waals surface area contributed by atoms with Crippen molar-refractivity contribution in [2.24, 2.45) is 0 Å². The lowest BCUT2D eigenvalue weighted by Crippen LogP contribution is -2.13. The number of hydrogen-bond donors (Lipinski definition) is 1. The predicted molar refractivity (Wildman–Crippen MR) is 77.5 cm³/mol. The van der Waals surface area contributed by atoms with Gasteiger partial charge in [-0.25, -0.2) is 0 Å². The number of hydrogen-bond acceptors (Lipinski definition) is 3. The minimum atomic E-state index is 0.241. The van der Waals surface area contributed by atoms with Crippen LogP contribution in [0.3, 0.4) is 0 Å². The highest BCUT2D eigenvalue weighted by Crippen LogP contribution is 2.16. The van der Waals surface area contributed by atoms with Gasteiger partial charge in [-0.15, -0.1) is 0 Å². The summed E-state index contributed by atoms with van der Waals surface area (Å²) in [5.41, 5.74) is 2.08. The van der Waals surface area contributed by atoms with Crippen molar-refractivity contribution in [2.45, 2.75) is 19.6 Å². The van der Waals surface area contributed by atoms with E-state index in [1.807, 2.05) is 43.4 Å². The summed E-state index contributed by atoms with van der Waals surface area (Å²) in [7, 11) is 1.91. The molecule has 1 atom stereocenters. The Morgan fingerprint density at radius 1 is 1.21 bits per heavy atom. The lowest BCUT2D eigenvalue weighted by Gasteiger charge is -2.10. The highest BCUT2D eigenvalue weighted by atomic mass is 35.5. The van der Waals surface area contributed by atoms with E-state index < -0.39 is 0 Å². The van der Waals surface area contributed by atoms with Crippen molar-refractivity contribution in [3.8, 4) is 5.75 Å². The van der Waals surface area contributed by atoms with Crippen LogP contribution in [0.2, 0.25) is 5.02 Å². The van der Waals surface area contributed by atoms with Crippen LogP contribution in [0.1, 0.15) is 24.2 Å². The van der Waals surface area contributed by atoms with E-state index in [1.54, 1.807) is 6.20 Å². The maximum atomic E-state index is 5.83. The van der Waals surface area contributed by atoms with E-state index in [0.29, 0.717) is 6.61 Å². The summed E-state index contributed by atoms with van der Waals surface area (Å²) >= 11 is 5.83. The molecule has 0 fully saturated rings. The van der Waals surface area contributed by atoms with Gasteiger partial charge in [0.1, 0.15) is 12.4 Å². The van der Waals surface area contributed by atoms with Crippen LogP contribution in [0.4, 0.5) is 0 Å². The second kappa shape index (κ2) is 6.55. The highest BCUT2D eigenvalue weighted by Gasteiger charge is 2.04. The average Bonchev–Trinajstić information content (AvgIpc) is 2.46. The van der Waals surface area contributed by atoms with Gasteiger partial charge in [0.25, 0.3) is 0 Å². The van der Waals surface area contributed by atoms with Gasteiger partial charge in [-0.1, -0.05) is 23.7 Å². The minimum absolute atomic E-state index is 0.241. The highest BCUT2D eigenvalue weighted by molar-refractivity contribution is 6.30. The van der Waals surface area contributed by atoms with Crippen molar-refractivity contribution in [3.05, 3.63) is 58.9 Å². The molecule has 19 heavy (non-hydrogen) atoms. The van der Waals surface area contributed by atoms with Gasteiger partial charge in [0.15, 0.2) is 0 Å². The Balaban J connectivity index is 1.94. The number of nitrogens with zero attached hydrogens (tertiary/aromatic N) is 1. The molecule has 0 aliphatic carbocycles. The quantitative estimate of drug-likeness (QED) is 0.906. The molecule has 1 aromatic heterocycles. The van der Waals surface area contributed by atoms with E-state index in [4.69, 9.17) is 16.3 Å². The Kier molecular flexibility index (Phi) is 4.77. The largest absolute Gasteiger partial charge is 0.487 e. The van der Waals surface area contributed by atoms with Crippen LogP contribution in [0.15, 0.2) is 42.6 Å². The molecule has 1 N–H and O–H groups in total. The van der Waals surface area contributed by atoms with Crippen molar-refractivity contribution in [1.29, 1.82) is 0 Å². The van der Waals surface area contributed by atoms with Gasteiger partial charge < -0.3 is 10.1 Å². The normalized spacial score (nSPS) is 12.2. The van der Waals surface area contributed by atoms with E-state index in [9.17, 15) is 0 Å². The minimum Gasteiger partial charge on any atom is -0.487 e. The molecule has 1 unspecified atom stereocenters. The van der Waals surface area contributed by atoms with Crippen molar-refractivity contribution >= 4 is 11.6 Å². The van der Waals surface area contributed by atoms with E-state index in [-0.39, 0.29) is 6.04 Å². The maximum absolute atomic E-state index is 5.83. The van der Waals surface area contributed by atoms with Crippen LogP contribution in [0.25, 0.3) is 0 Å². The van der Waals surface area contributed by atoms with Crippen molar-refractivity contribution in [3.63, 3.8) is 0 Å². The summed E-state index contributed by atoms with van der Waals surface area (Å²) in [4.78, 5) is 4.37. The average molecular weight is 277 g/mol. The molecule has 1 aromatic carbocycles. The van der Waals surface area contributed by atoms with Gasteiger partial charge in [-0.2, -0.15) is 0 Å². The Bertz CT molecular complexity index is 511. The Morgan fingerprint density at radius 3 is 2.53 bits per heavy atom. The summed E-state index contributed by atoms with van der Waals surface area (Å²) in [6, 6.07) is 11.8. The van der Waals surface area contributed by atoms with Crippen LogP contribution in [-0.4, -0.2) is 12.0 Å². The van der Waals surface area contributed by atoms with Crippen LogP contribution in [0, 0.1) is 0 Å². The molecule has 100 valence electrons. The summed E-state index contributed by atoms with van der Waals surface area (Å²) in [6.45, 7) is 2.58. The number of pyridine rings is 1. The first-order valence-electron chi connectivity index (χ1n) is 6.19. The molecule has 0 spiro atoms. The van der Waals surface area contributed by atoms with Gasteiger partial charge in [-0.05, 0) is 43.8 Å². The first-order chi connectivity index (χ1) is 9.19. The molecule has 2 rings (SSSR count). The monoisotopic (exact) mass is 276 g/mol. The predicted octanol–water partition coefficient (Wildman–Crippen LogP) is 3.59. The van der Waals surface area contributed by atoms with Gasteiger partial charge in [0, 0.05) is 11.1 Å². The molecule has 3 nitrogen and oxygen atoms in total. The van der Waals surface area contributed by atoms with Crippen molar-refractivity contribution < 1.29 is 4.74 Å². The first kappa shape index (κ1) is 13.8. The van der Waals surface area contributed by atoms with E-state index in [0.717, 1.165) is 22.0 Å². The van der Waals surface area contributed by atoms with E-state index >= 15 is 0 Å². The number of halogens is 1. The molecule has 0 aliphatic rings. The van der Waals surface area contributed by atoms with Gasteiger partial charge in [0.05, 0.1) is 11.9 Å². The molecule has 0 saturated carbocycles. The third kappa shape index (κ3) is 3.94. The summed E-state index contributed by atoms with van der Waals surface area (Å²) in [6.07, 6.45) is 1.75. The zero-order valence-electron chi connectivity index (χ0n) is 11.1. The van der Waals surface area contributed by atoms with Crippen molar-refractivity contribution in [1.82, 2.24) is 10.3 Å². The topological polar surface area (TPSA) is 34.1 Å². The lowest BCUT2D eigenvalue weighted by molar-refractivity contribution is 0.304. The van der Waals surface area contributed by atoms with E-state index in [1.165, 1.54) is 0 Å². The van der Waals surface area contributed by atoms with Crippen LogP contribution >= 0.6 is 11.6 Å². The zero-order valence-corrected chi connectivity index (χ0v) is 11.8. The smallest absolute Gasteiger partial charge is 0.138 e. The zero-order chi connectivity index (χ0) is 13.7. The number of benzene rings is 1. The second-order valence-electron chi connectivity index (χ2n) is 4.34. The molecular formula is C15H17ClN2O. The maximum Gasteiger partial charge on any atom is 0.138 e. The Morgan fingerprint density at radius 2 is 1.95 bits per heavy atom. The molecule has 0 aliphatic heterocycles. The molecule has 0 saturated heterocycles. The van der Waals surface area contributed by atoms with E-state index in [2.05, 4.69) is 17.2 Å². The number of rotatable bonds is 5. The number of ether oxygens (including phenoxy) is 1. The molecule has 0 amide bonds. The van der Waals surface area contributed by atoms with Crippen LogP contribution in [-0.2, 0) is 6.61 Å². The molecule has 4 heteroatoms. The SMILES string of the molecule is CNC(C)c1ccc(OCc2ccc(Cl)cc2)cn1. The lowest BCUT2D eigenvalue weighted by atomic mass is 10.2. The van der Waals surface area contributed by atoms with Gasteiger partial charge >= 0.3 is 0 Å². The van der Waals surface area contributed by atoms with Crippen LogP contribution < -0.4 is 10.1 Å². The molecule has 0 radical (unpaired) electrons. The summed E-state index contributed by atoms with van der Waals surface area (Å²) < 4.78 is 5.67. The second-order valence-corrected chi connectivity index (χ2v) is 4.78. The van der Waals surface area contributed by atoms with Gasteiger partial charge in [0.2, 0.25) is 0 Å². The molecule has 2 aromatic rings. The molecule has 1 heterocycles. The van der Waals surface area contributed by atoms with Crippen LogP contribution in [0.5, 0.6) is 5.75 Å². The molecule has 0 bridgehead atoms. The number of aromatic nitrogens is 1. The summed E-state index contributed by atoms with van der Waals surface area (Å²) in [5.74, 6) is 0.766. The fraction of sp³-hybridized carbons (Fsp3) is 0.267. The van der Waals surface area contributed by atoms with Crippen molar-refractivity contribution in [2.75, 3.05) is 7.05 Å². The Labute approximate surface area is 118 Å². The fourth-order valence-corrected chi connectivity index (χ4v) is 1.75. The number of nitrogens with one attached hydrogen (secondary N) is 1. The third-order valence-corrected chi connectivity index (χ3v) is 3.21. The fourth-order valence-electron chi connectivity index (χ4n) is 1.63. The molecular weight excluding hydrogens is 260 g/mol. The standard InChI is InChI=1S/C15H17ClN2O/c1-11(17-2)15-8-7-14(9-18-15)19-10-12-3-5-13(16)6-4-12/h3-9,11,17H,10H2,1-2H3. The Hall–Kier alpha value is -1.58.